The third kappa shape index (κ3) is 7.73. The summed E-state index contributed by atoms with van der Waals surface area (Å²) in [5.41, 5.74) is -13.0. The summed E-state index contributed by atoms with van der Waals surface area (Å²) in [5, 5.41) is 19.6. The van der Waals surface area contributed by atoms with E-state index in [0.29, 0.717) is 13.8 Å². The van der Waals surface area contributed by atoms with Crippen molar-refractivity contribution < 1.29 is 68.7 Å². The Morgan fingerprint density at radius 2 is 1.11 bits per heavy atom. The quantitative estimate of drug-likeness (QED) is 0.203. The van der Waals surface area contributed by atoms with Crippen LogP contribution < -0.4 is 0 Å². The first-order valence-electron chi connectivity index (χ1n) is 10.8. The molecule has 0 saturated carbocycles. The summed E-state index contributed by atoms with van der Waals surface area (Å²) in [6, 6.07) is 0. The van der Waals surface area contributed by atoms with E-state index in [9.17, 15) is 54.5 Å². The lowest BCUT2D eigenvalue weighted by molar-refractivity contribution is -0.401. The Bertz CT molecular complexity index is 799. The summed E-state index contributed by atoms with van der Waals surface area (Å²) in [5.74, 6) is -2.58. The van der Waals surface area contributed by atoms with Gasteiger partial charge in [-0.25, -0.2) is 4.79 Å². The van der Waals surface area contributed by atoms with E-state index in [4.69, 9.17) is 14.2 Å². The van der Waals surface area contributed by atoms with Gasteiger partial charge in [-0.3, -0.25) is 0 Å². The summed E-state index contributed by atoms with van der Waals surface area (Å²) >= 11 is 0. The molecular formula is C22H33F9O6. The number of alkyl halides is 9. The molecule has 0 aliphatic rings. The average Bonchev–Trinajstić information content (AvgIpc) is 2.62. The van der Waals surface area contributed by atoms with Gasteiger partial charge in [-0.05, 0) is 55.4 Å². The second-order valence-corrected chi connectivity index (χ2v) is 10.1. The van der Waals surface area contributed by atoms with Crippen molar-refractivity contribution in [2.24, 2.45) is 5.92 Å². The maximum absolute atomic E-state index is 13.3. The first-order chi connectivity index (χ1) is 16.0. The molecule has 0 bridgehead atoms. The summed E-state index contributed by atoms with van der Waals surface area (Å²) in [6.45, 7) is 9.48. The predicted molar refractivity (Wildman–Crippen MR) is 112 cm³/mol. The maximum Gasteiger partial charge on any atom is 0.428 e. The van der Waals surface area contributed by atoms with E-state index < -0.39 is 71.6 Å². The SMILES string of the molecule is C=C(C)C(=O)OCC(C(C)(C)OC(C)C(C)(O)C(F)(F)F)C(C)(C)OC(C)C(O)(C(F)(F)F)C(F)(F)F. The number of esters is 1. The molecule has 6 nitrogen and oxygen atoms in total. The molecule has 0 aliphatic heterocycles. The first-order valence-corrected chi connectivity index (χ1v) is 10.8. The summed E-state index contributed by atoms with van der Waals surface area (Å²) in [7, 11) is 0. The lowest BCUT2D eigenvalue weighted by Gasteiger charge is -2.48. The fourth-order valence-corrected chi connectivity index (χ4v) is 3.65. The first kappa shape index (κ1) is 35.4. The van der Waals surface area contributed by atoms with Crippen molar-refractivity contribution >= 4 is 5.97 Å². The van der Waals surface area contributed by atoms with E-state index in [0.717, 1.165) is 34.6 Å². The largest absolute Gasteiger partial charge is 0.462 e. The molecule has 0 spiro atoms. The van der Waals surface area contributed by atoms with Crippen LogP contribution in [0, 0.1) is 5.92 Å². The second-order valence-electron chi connectivity index (χ2n) is 10.1. The van der Waals surface area contributed by atoms with Gasteiger partial charge >= 0.3 is 24.5 Å². The number of carbonyl (C=O) groups is 1. The third-order valence-electron chi connectivity index (χ3n) is 6.19. The summed E-state index contributed by atoms with van der Waals surface area (Å²) in [4.78, 5) is 11.9. The van der Waals surface area contributed by atoms with E-state index in [1.165, 1.54) is 6.92 Å². The number of aliphatic hydroxyl groups is 2. The number of hydrogen-bond acceptors (Lipinski definition) is 6. The van der Waals surface area contributed by atoms with Gasteiger partial charge < -0.3 is 24.4 Å². The third-order valence-corrected chi connectivity index (χ3v) is 6.19. The van der Waals surface area contributed by atoms with Crippen LogP contribution in [0.25, 0.3) is 0 Å². The molecule has 0 amide bonds. The standard InChI is InChI=1S/C22H33F9O6/c1-11(2)15(32)35-10-14(16(5,6)36-12(3)18(9,33)20(23,24)25)17(7,8)37-13(4)19(34,21(26,27)28)22(29,30)31/h12-14,33-34H,1,10H2,2-9H3. The van der Waals surface area contributed by atoms with E-state index in [-0.39, 0.29) is 5.57 Å². The van der Waals surface area contributed by atoms with Crippen molar-refractivity contribution in [2.75, 3.05) is 6.61 Å². The molecule has 220 valence electrons. The minimum atomic E-state index is -6.23. The van der Waals surface area contributed by atoms with Crippen LogP contribution in [0.1, 0.15) is 55.4 Å². The van der Waals surface area contributed by atoms with Crippen LogP contribution in [0.3, 0.4) is 0 Å². The highest BCUT2D eigenvalue weighted by atomic mass is 19.4. The van der Waals surface area contributed by atoms with Gasteiger partial charge in [-0.15, -0.1) is 0 Å². The minimum absolute atomic E-state index is 0.138. The molecule has 37 heavy (non-hydrogen) atoms. The Morgan fingerprint density at radius 1 is 0.757 bits per heavy atom. The fourth-order valence-electron chi connectivity index (χ4n) is 3.65. The van der Waals surface area contributed by atoms with Gasteiger partial charge in [0.1, 0.15) is 6.10 Å². The highest BCUT2D eigenvalue weighted by molar-refractivity contribution is 5.86. The van der Waals surface area contributed by atoms with Crippen LogP contribution in [0.5, 0.6) is 0 Å². The summed E-state index contributed by atoms with van der Waals surface area (Å²) < 4.78 is 135. The zero-order valence-corrected chi connectivity index (χ0v) is 21.6. The van der Waals surface area contributed by atoms with E-state index >= 15 is 0 Å². The smallest absolute Gasteiger partial charge is 0.428 e. The van der Waals surface area contributed by atoms with Crippen molar-refractivity contribution in [3.05, 3.63) is 12.2 Å². The molecular weight excluding hydrogens is 531 g/mol. The van der Waals surface area contributed by atoms with Crippen molar-refractivity contribution in [2.45, 2.75) is 109 Å². The fraction of sp³-hybridized carbons (Fsp3) is 0.864. The number of rotatable bonds is 11. The monoisotopic (exact) mass is 564 g/mol. The molecule has 4 unspecified atom stereocenters. The Hall–Kier alpha value is -1.58. The van der Waals surface area contributed by atoms with Gasteiger partial charge in [-0.2, -0.15) is 39.5 Å². The average molecular weight is 564 g/mol. The van der Waals surface area contributed by atoms with Gasteiger partial charge in [0, 0.05) is 5.57 Å². The van der Waals surface area contributed by atoms with Crippen molar-refractivity contribution in [1.29, 1.82) is 0 Å². The molecule has 0 saturated heterocycles. The van der Waals surface area contributed by atoms with Crippen LogP contribution in [-0.2, 0) is 19.0 Å². The summed E-state index contributed by atoms with van der Waals surface area (Å²) in [6.07, 6.45) is -22.6. The maximum atomic E-state index is 13.3. The molecule has 0 heterocycles. The number of hydrogen-bond donors (Lipinski definition) is 2. The van der Waals surface area contributed by atoms with E-state index in [2.05, 4.69) is 6.58 Å². The Labute approximate surface area is 208 Å². The molecule has 0 aromatic rings. The highest BCUT2D eigenvalue weighted by Gasteiger charge is 2.74. The van der Waals surface area contributed by atoms with Crippen molar-refractivity contribution in [3.63, 3.8) is 0 Å². The van der Waals surface area contributed by atoms with Crippen molar-refractivity contribution in [3.8, 4) is 0 Å². The van der Waals surface area contributed by atoms with E-state index in [1.807, 2.05) is 0 Å². The molecule has 0 radical (unpaired) electrons. The molecule has 0 fully saturated rings. The normalized spacial score (nSPS) is 18.6. The Balaban J connectivity index is 6.51. The zero-order valence-electron chi connectivity index (χ0n) is 21.6. The molecule has 0 aliphatic carbocycles. The predicted octanol–water partition coefficient (Wildman–Crippen LogP) is 5.26. The van der Waals surface area contributed by atoms with Crippen LogP contribution in [0.15, 0.2) is 12.2 Å². The highest BCUT2D eigenvalue weighted by Crippen LogP contribution is 2.48. The number of ether oxygens (including phenoxy) is 3. The van der Waals surface area contributed by atoms with Crippen LogP contribution in [0.4, 0.5) is 39.5 Å². The molecule has 0 aromatic carbocycles. The van der Waals surface area contributed by atoms with Crippen LogP contribution in [-0.4, -0.2) is 75.9 Å². The van der Waals surface area contributed by atoms with Crippen LogP contribution in [0.2, 0.25) is 0 Å². The van der Waals surface area contributed by atoms with Gasteiger partial charge in [0.15, 0.2) is 5.60 Å². The number of carbonyl (C=O) groups excluding carboxylic acids is 1. The minimum Gasteiger partial charge on any atom is -0.462 e. The number of halogens is 9. The molecule has 15 heteroatoms. The van der Waals surface area contributed by atoms with Gasteiger partial charge in [-0.1, -0.05) is 6.58 Å². The molecule has 0 rings (SSSR count). The van der Waals surface area contributed by atoms with Gasteiger partial charge in [0.05, 0.1) is 29.8 Å². The zero-order chi connectivity index (χ0) is 30.2. The topological polar surface area (TPSA) is 85.2 Å². The lowest BCUT2D eigenvalue weighted by Crippen LogP contribution is -2.66. The van der Waals surface area contributed by atoms with Gasteiger partial charge in [0.25, 0.3) is 5.60 Å². The molecule has 2 N–H and O–H groups in total. The van der Waals surface area contributed by atoms with Crippen LogP contribution >= 0.6 is 0 Å². The van der Waals surface area contributed by atoms with E-state index in [1.54, 1.807) is 0 Å². The Morgan fingerprint density at radius 3 is 1.41 bits per heavy atom. The lowest BCUT2D eigenvalue weighted by atomic mass is 9.78. The second kappa shape index (κ2) is 10.9. The Kier molecular flexibility index (Phi) is 10.4. The van der Waals surface area contributed by atoms with Gasteiger partial charge in [0.2, 0.25) is 0 Å². The van der Waals surface area contributed by atoms with Crippen molar-refractivity contribution in [1.82, 2.24) is 0 Å². The molecule has 4 atom stereocenters. The molecule has 0 aromatic heterocycles.